The summed E-state index contributed by atoms with van der Waals surface area (Å²) in [7, 11) is 7.81. The molecule has 7 heteroatoms. The van der Waals surface area contributed by atoms with Crippen LogP contribution in [-0.4, -0.2) is 52.1 Å². The lowest BCUT2D eigenvalue weighted by Gasteiger charge is -2.19. The van der Waals surface area contributed by atoms with Gasteiger partial charge in [-0.05, 0) is 29.8 Å². The Morgan fingerprint density at radius 1 is 0.926 bits per heavy atom. The molecule has 2 aromatic carbocycles. The second-order valence-electron chi connectivity index (χ2n) is 5.85. The van der Waals surface area contributed by atoms with Crippen molar-refractivity contribution in [2.24, 2.45) is 0 Å². The van der Waals surface area contributed by atoms with Gasteiger partial charge in [0, 0.05) is 31.8 Å². The molecule has 0 aromatic heterocycles. The predicted molar refractivity (Wildman–Crippen MR) is 102 cm³/mol. The van der Waals surface area contributed by atoms with Crippen molar-refractivity contribution in [3.05, 3.63) is 53.1 Å². The first kappa shape index (κ1) is 20.1. The van der Waals surface area contributed by atoms with Crippen LogP contribution < -0.4 is 19.5 Å². The molecule has 144 valence electrons. The highest BCUT2D eigenvalue weighted by atomic mass is 16.5. The molecule has 0 fully saturated rings. The van der Waals surface area contributed by atoms with Crippen LogP contribution in [0.25, 0.3) is 0 Å². The topological polar surface area (TPSA) is 77.1 Å². The molecule has 0 spiro atoms. The summed E-state index contributed by atoms with van der Waals surface area (Å²) >= 11 is 0. The van der Waals surface area contributed by atoms with Gasteiger partial charge in [-0.2, -0.15) is 0 Å². The Kier molecular flexibility index (Phi) is 6.65. The SMILES string of the molecule is CNC(=O)c1ccc(CN(C)C(=O)c2cc(OC)c(OC)c(OC)c2)cc1. The Morgan fingerprint density at radius 3 is 1.93 bits per heavy atom. The molecule has 0 bridgehead atoms. The molecule has 0 aliphatic heterocycles. The molecule has 0 saturated carbocycles. The first-order valence-electron chi connectivity index (χ1n) is 8.31. The molecule has 27 heavy (non-hydrogen) atoms. The third-order valence-electron chi connectivity index (χ3n) is 4.12. The number of carbonyl (C=O) groups is 2. The van der Waals surface area contributed by atoms with Crippen LogP contribution in [0.3, 0.4) is 0 Å². The number of nitrogens with one attached hydrogen (secondary N) is 1. The van der Waals surface area contributed by atoms with Gasteiger partial charge in [0.2, 0.25) is 5.75 Å². The van der Waals surface area contributed by atoms with Crippen LogP contribution in [0.4, 0.5) is 0 Å². The van der Waals surface area contributed by atoms with E-state index in [1.165, 1.54) is 21.3 Å². The molecule has 2 rings (SSSR count). The quantitative estimate of drug-likeness (QED) is 0.807. The van der Waals surface area contributed by atoms with Gasteiger partial charge in [-0.3, -0.25) is 9.59 Å². The summed E-state index contributed by atoms with van der Waals surface area (Å²) in [4.78, 5) is 26.0. The van der Waals surface area contributed by atoms with Gasteiger partial charge in [-0.1, -0.05) is 12.1 Å². The Hall–Kier alpha value is -3.22. The third-order valence-corrected chi connectivity index (χ3v) is 4.12. The van der Waals surface area contributed by atoms with Crippen molar-refractivity contribution in [1.82, 2.24) is 10.2 Å². The van der Waals surface area contributed by atoms with Gasteiger partial charge in [-0.15, -0.1) is 0 Å². The zero-order valence-corrected chi connectivity index (χ0v) is 16.2. The van der Waals surface area contributed by atoms with E-state index in [0.717, 1.165) is 5.56 Å². The van der Waals surface area contributed by atoms with Crippen LogP contribution in [-0.2, 0) is 6.54 Å². The number of hydrogen-bond donors (Lipinski definition) is 1. The van der Waals surface area contributed by atoms with Crippen LogP contribution in [0.1, 0.15) is 26.3 Å². The Labute approximate surface area is 158 Å². The van der Waals surface area contributed by atoms with Gasteiger partial charge in [0.05, 0.1) is 21.3 Å². The van der Waals surface area contributed by atoms with Crippen LogP contribution in [0, 0.1) is 0 Å². The summed E-state index contributed by atoms with van der Waals surface area (Å²) in [6.07, 6.45) is 0. The zero-order chi connectivity index (χ0) is 20.0. The average molecular weight is 372 g/mol. The number of carbonyl (C=O) groups excluding carboxylic acids is 2. The van der Waals surface area contributed by atoms with Crippen LogP contribution in [0.5, 0.6) is 17.2 Å². The summed E-state index contributed by atoms with van der Waals surface area (Å²) in [6.45, 7) is 0.392. The lowest BCUT2D eigenvalue weighted by molar-refractivity contribution is 0.0783. The number of methoxy groups -OCH3 is 3. The predicted octanol–water partition coefficient (Wildman–Crippen LogP) is 2.34. The van der Waals surface area contributed by atoms with Crippen molar-refractivity contribution in [2.75, 3.05) is 35.4 Å². The van der Waals surface area contributed by atoms with E-state index in [1.807, 2.05) is 12.1 Å². The van der Waals surface area contributed by atoms with Gasteiger partial charge < -0.3 is 24.4 Å². The minimum absolute atomic E-state index is 0.150. The molecular weight excluding hydrogens is 348 g/mol. The summed E-state index contributed by atoms with van der Waals surface area (Å²) < 4.78 is 15.9. The van der Waals surface area contributed by atoms with Crippen LogP contribution >= 0.6 is 0 Å². The molecule has 0 heterocycles. The van der Waals surface area contributed by atoms with Crippen molar-refractivity contribution in [2.45, 2.75) is 6.54 Å². The Balaban J connectivity index is 2.20. The van der Waals surface area contributed by atoms with E-state index in [-0.39, 0.29) is 11.8 Å². The zero-order valence-electron chi connectivity index (χ0n) is 16.2. The third kappa shape index (κ3) is 4.49. The minimum atomic E-state index is -0.190. The maximum absolute atomic E-state index is 12.8. The molecule has 2 amide bonds. The average Bonchev–Trinajstić information content (AvgIpc) is 2.71. The van der Waals surface area contributed by atoms with Crippen LogP contribution in [0.15, 0.2) is 36.4 Å². The molecule has 0 aliphatic carbocycles. The molecule has 1 N–H and O–H groups in total. The van der Waals surface area contributed by atoms with E-state index in [1.54, 1.807) is 43.3 Å². The summed E-state index contributed by atoms with van der Waals surface area (Å²) in [5, 5.41) is 2.57. The highest BCUT2D eigenvalue weighted by molar-refractivity contribution is 5.95. The normalized spacial score (nSPS) is 10.1. The van der Waals surface area contributed by atoms with Crippen molar-refractivity contribution in [3.8, 4) is 17.2 Å². The van der Waals surface area contributed by atoms with Crippen molar-refractivity contribution in [3.63, 3.8) is 0 Å². The lowest BCUT2D eigenvalue weighted by atomic mass is 10.1. The van der Waals surface area contributed by atoms with Crippen molar-refractivity contribution < 1.29 is 23.8 Å². The number of nitrogens with zero attached hydrogens (tertiary/aromatic N) is 1. The monoisotopic (exact) mass is 372 g/mol. The van der Waals surface area contributed by atoms with Gasteiger partial charge in [0.15, 0.2) is 11.5 Å². The van der Waals surface area contributed by atoms with Gasteiger partial charge >= 0.3 is 0 Å². The second-order valence-corrected chi connectivity index (χ2v) is 5.85. The molecule has 0 aliphatic rings. The molecule has 2 aromatic rings. The molecule has 0 atom stereocenters. The van der Waals surface area contributed by atoms with Crippen molar-refractivity contribution in [1.29, 1.82) is 0 Å². The minimum Gasteiger partial charge on any atom is -0.493 e. The number of ether oxygens (including phenoxy) is 3. The van der Waals surface area contributed by atoms with Gasteiger partial charge in [0.1, 0.15) is 0 Å². The van der Waals surface area contributed by atoms with E-state index in [4.69, 9.17) is 14.2 Å². The fourth-order valence-electron chi connectivity index (χ4n) is 2.68. The number of benzene rings is 2. The number of amides is 2. The van der Waals surface area contributed by atoms with Gasteiger partial charge in [-0.25, -0.2) is 0 Å². The van der Waals surface area contributed by atoms with E-state index in [0.29, 0.717) is 34.9 Å². The highest BCUT2D eigenvalue weighted by Crippen LogP contribution is 2.38. The Morgan fingerprint density at radius 2 is 1.48 bits per heavy atom. The highest BCUT2D eigenvalue weighted by Gasteiger charge is 2.19. The van der Waals surface area contributed by atoms with E-state index in [2.05, 4.69) is 5.32 Å². The molecule has 0 saturated heterocycles. The fraction of sp³-hybridized carbons (Fsp3) is 0.300. The standard InChI is InChI=1S/C20H24N2O5/c1-21-19(23)14-8-6-13(7-9-14)12-22(2)20(24)15-10-16(25-3)18(27-5)17(11-15)26-4/h6-11H,12H2,1-5H3,(H,21,23). The van der Waals surface area contributed by atoms with Crippen LogP contribution in [0.2, 0.25) is 0 Å². The number of hydrogen-bond acceptors (Lipinski definition) is 5. The van der Waals surface area contributed by atoms with E-state index < -0.39 is 0 Å². The first-order chi connectivity index (χ1) is 12.9. The Bertz CT molecular complexity index is 793. The van der Waals surface area contributed by atoms with Gasteiger partial charge in [0.25, 0.3) is 11.8 Å². The molecule has 0 unspecified atom stereocenters. The fourth-order valence-corrected chi connectivity index (χ4v) is 2.68. The smallest absolute Gasteiger partial charge is 0.254 e. The van der Waals surface area contributed by atoms with E-state index in [9.17, 15) is 9.59 Å². The largest absolute Gasteiger partial charge is 0.493 e. The number of rotatable bonds is 7. The summed E-state index contributed by atoms with van der Waals surface area (Å²) in [5.74, 6) is 0.934. The summed E-state index contributed by atoms with van der Waals surface area (Å²) in [6, 6.07) is 10.3. The molecular formula is C20H24N2O5. The summed E-state index contributed by atoms with van der Waals surface area (Å²) in [5.41, 5.74) is 1.90. The first-order valence-corrected chi connectivity index (χ1v) is 8.31. The lowest BCUT2D eigenvalue weighted by Crippen LogP contribution is -2.26. The molecule has 7 nitrogen and oxygen atoms in total. The van der Waals surface area contributed by atoms with E-state index >= 15 is 0 Å². The van der Waals surface area contributed by atoms with Crippen molar-refractivity contribution >= 4 is 11.8 Å². The second kappa shape index (κ2) is 8.93. The maximum atomic E-state index is 12.8. The molecule has 0 radical (unpaired) electrons. The maximum Gasteiger partial charge on any atom is 0.254 e.